The Balaban J connectivity index is 2.91. The van der Waals surface area contributed by atoms with Crippen LogP contribution in [-0.2, 0) is 6.18 Å². The Kier molecular flexibility index (Phi) is 4.68. The summed E-state index contributed by atoms with van der Waals surface area (Å²) < 4.78 is 37.6. The van der Waals surface area contributed by atoms with Gasteiger partial charge in [0.1, 0.15) is 5.82 Å². The summed E-state index contributed by atoms with van der Waals surface area (Å²) in [6, 6.07) is 0.783. The monoisotopic (exact) mass is 265 g/mol. The van der Waals surface area contributed by atoms with E-state index in [1.165, 1.54) is 0 Å². The van der Waals surface area contributed by atoms with Crippen molar-refractivity contribution in [3.63, 3.8) is 0 Å². The number of nitrogens with two attached hydrogens (primary N) is 1. The van der Waals surface area contributed by atoms with Crippen LogP contribution in [-0.4, -0.2) is 28.2 Å². The highest BCUT2D eigenvalue weighted by atomic mass is 19.4. The summed E-state index contributed by atoms with van der Waals surface area (Å²) in [6.45, 7) is 1.95. The third-order valence-electron chi connectivity index (χ3n) is 2.09. The molecule has 1 heterocycles. The summed E-state index contributed by atoms with van der Waals surface area (Å²) in [5.41, 5.74) is 0.877. The van der Waals surface area contributed by atoms with Gasteiger partial charge in [0.15, 0.2) is 5.69 Å². The van der Waals surface area contributed by atoms with Gasteiger partial charge in [0.25, 0.3) is 0 Å². The molecule has 0 aliphatic rings. The number of rotatable bonds is 5. The Hall–Kier alpha value is -1.61. The first-order valence-electron chi connectivity index (χ1n) is 5.14. The zero-order chi connectivity index (χ0) is 13.8. The minimum absolute atomic E-state index is 0.00873. The average Bonchev–Trinajstić information content (AvgIpc) is 2.34. The first-order valence-corrected chi connectivity index (χ1v) is 5.14. The molecule has 9 heteroatoms. The molecule has 6 nitrogen and oxygen atoms in total. The number of alkyl halides is 3. The predicted molar refractivity (Wildman–Crippen MR) is 59.6 cm³/mol. The van der Waals surface area contributed by atoms with Gasteiger partial charge in [-0.1, -0.05) is 6.92 Å². The van der Waals surface area contributed by atoms with Crippen LogP contribution in [0.4, 0.5) is 24.9 Å². The second kappa shape index (κ2) is 5.83. The standard InChI is InChI=1S/C9H14F3N5O/c1-5(4-18)3-14-7-2-6(9(10,11)12)15-8(16-7)17-13/h2,5,18H,3-4,13H2,1H3,(H2,14,15,16,17). The van der Waals surface area contributed by atoms with Gasteiger partial charge in [-0.2, -0.15) is 18.2 Å². The number of hydrazine groups is 1. The van der Waals surface area contributed by atoms with Crippen molar-refractivity contribution < 1.29 is 18.3 Å². The Bertz CT molecular complexity index is 398. The molecule has 0 aromatic carbocycles. The molecular formula is C9H14F3N5O. The lowest BCUT2D eigenvalue weighted by Crippen LogP contribution is -2.19. The van der Waals surface area contributed by atoms with Crippen LogP contribution >= 0.6 is 0 Å². The van der Waals surface area contributed by atoms with Crippen LogP contribution in [0.3, 0.4) is 0 Å². The maximum Gasteiger partial charge on any atom is 0.433 e. The molecule has 1 aromatic rings. The fourth-order valence-electron chi connectivity index (χ4n) is 1.09. The first kappa shape index (κ1) is 14.5. The largest absolute Gasteiger partial charge is 0.433 e. The summed E-state index contributed by atoms with van der Waals surface area (Å²) in [4.78, 5) is 6.94. The molecule has 1 rings (SSSR count). The molecule has 0 saturated carbocycles. The number of nitrogens with zero attached hydrogens (tertiary/aromatic N) is 2. The van der Waals surface area contributed by atoms with Crippen LogP contribution in [0, 0.1) is 5.92 Å². The highest BCUT2D eigenvalue weighted by Crippen LogP contribution is 2.29. The smallest absolute Gasteiger partial charge is 0.396 e. The van der Waals surface area contributed by atoms with Crippen molar-refractivity contribution in [2.75, 3.05) is 23.9 Å². The van der Waals surface area contributed by atoms with E-state index in [1.54, 1.807) is 6.92 Å². The van der Waals surface area contributed by atoms with E-state index in [2.05, 4.69) is 15.3 Å². The molecule has 0 radical (unpaired) electrons. The van der Waals surface area contributed by atoms with E-state index in [1.807, 2.05) is 5.43 Å². The van der Waals surface area contributed by atoms with Gasteiger partial charge in [-0.15, -0.1) is 0 Å². The van der Waals surface area contributed by atoms with Crippen LogP contribution in [0.1, 0.15) is 12.6 Å². The zero-order valence-electron chi connectivity index (χ0n) is 9.62. The summed E-state index contributed by atoms with van der Waals surface area (Å²) in [5.74, 6) is 4.56. The van der Waals surface area contributed by atoms with Crippen molar-refractivity contribution in [1.82, 2.24) is 9.97 Å². The summed E-state index contributed by atoms with van der Waals surface area (Å²) in [5, 5.41) is 11.5. The zero-order valence-corrected chi connectivity index (χ0v) is 9.62. The van der Waals surface area contributed by atoms with Crippen molar-refractivity contribution in [2.45, 2.75) is 13.1 Å². The number of nitrogens with one attached hydrogen (secondary N) is 2. The number of aromatic nitrogens is 2. The molecular weight excluding hydrogens is 251 g/mol. The molecule has 18 heavy (non-hydrogen) atoms. The molecule has 1 aromatic heterocycles. The van der Waals surface area contributed by atoms with Crippen molar-refractivity contribution >= 4 is 11.8 Å². The van der Waals surface area contributed by atoms with Gasteiger partial charge in [-0.25, -0.2) is 10.8 Å². The number of nitrogen functional groups attached to an aromatic ring is 1. The van der Waals surface area contributed by atoms with E-state index in [9.17, 15) is 13.2 Å². The van der Waals surface area contributed by atoms with E-state index >= 15 is 0 Å². The molecule has 0 aliphatic carbocycles. The third-order valence-corrected chi connectivity index (χ3v) is 2.09. The lowest BCUT2D eigenvalue weighted by molar-refractivity contribution is -0.141. The molecule has 1 unspecified atom stereocenters. The van der Waals surface area contributed by atoms with Gasteiger partial charge in [-0.3, -0.25) is 5.43 Å². The van der Waals surface area contributed by atoms with E-state index < -0.39 is 11.9 Å². The van der Waals surface area contributed by atoms with Gasteiger partial charge < -0.3 is 10.4 Å². The normalized spacial score (nSPS) is 13.2. The molecule has 0 amide bonds. The van der Waals surface area contributed by atoms with Gasteiger partial charge in [0.05, 0.1) is 0 Å². The highest BCUT2D eigenvalue weighted by Gasteiger charge is 2.33. The topological polar surface area (TPSA) is 96.1 Å². The molecule has 102 valence electrons. The van der Waals surface area contributed by atoms with E-state index in [4.69, 9.17) is 10.9 Å². The molecule has 0 spiro atoms. The number of aliphatic hydroxyl groups excluding tert-OH is 1. The fourth-order valence-corrected chi connectivity index (χ4v) is 1.09. The van der Waals surface area contributed by atoms with E-state index in [-0.39, 0.29) is 30.8 Å². The van der Waals surface area contributed by atoms with Gasteiger partial charge >= 0.3 is 6.18 Å². The van der Waals surface area contributed by atoms with Gasteiger partial charge in [-0.05, 0) is 5.92 Å². The number of hydrogen-bond donors (Lipinski definition) is 4. The number of aliphatic hydroxyl groups is 1. The van der Waals surface area contributed by atoms with Gasteiger partial charge in [0.2, 0.25) is 5.95 Å². The lowest BCUT2D eigenvalue weighted by atomic mass is 10.2. The minimum Gasteiger partial charge on any atom is -0.396 e. The van der Waals surface area contributed by atoms with Crippen LogP contribution in [0.15, 0.2) is 6.07 Å². The molecule has 0 fully saturated rings. The second-order valence-corrected chi connectivity index (χ2v) is 3.77. The summed E-state index contributed by atoms with van der Waals surface area (Å²) >= 11 is 0. The summed E-state index contributed by atoms with van der Waals surface area (Å²) in [6.07, 6.45) is -4.58. The maximum absolute atomic E-state index is 12.5. The average molecular weight is 265 g/mol. The van der Waals surface area contributed by atoms with Crippen molar-refractivity contribution in [3.8, 4) is 0 Å². The number of halogens is 3. The van der Waals surface area contributed by atoms with E-state index in [0.29, 0.717) is 0 Å². The third kappa shape index (κ3) is 4.00. The molecule has 0 bridgehead atoms. The predicted octanol–water partition coefficient (Wildman–Crippen LogP) is 0.821. The Morgan fingerprint density at radius 3 is 2.61 bits per heavy atom. The van der Waals surface area contributed by atoms with Crippen molar-refractivity contribution in [3.05, 3.63) is 11.8 Å². The minimum atomic E-state index is -4.58. The second-order valence-electron chi connectivity index (χ2n) is 3.77. The number of hydrogen-bond acceptors (Lipinski definition) is 6. The van der Waals surface area contributed by atoms with Crippen molar-refractivity contribution in [1.29, 1.82) is 0 Å². The molecule has 0 saturated heterocycles. The molecule has 1 atom stereocenters. The quantitative estimate of drug-likeness (QED) is 0.465. The summed E-state index contributed by atoms with van der Waals surface area (Å²) in [7, 11) is 0. The van der Waals surface area contributed by atoms with Crippen LogP contribution in [0.2, 0.25) is 0 Å². The van der Waals surface area contributed by atoms with E-state index in [0.717, 1.165) is 6.07 Å². The molecule has 5 N–H and O–H groups in total. The van der Waals surface area contributed by atoms with Crippen LogP contribution in [0.5, 0.6) is 0 Å². The van der Waals surface area contributed by atoms with Crippen LogP contribution in [0.25, 0.3) is 0 Å². The maximum atomic E-state index is 12.5. The van der Waals surface area contributed by atoms with Crippen molar-refractivity contribution in [2.24, 2.45) is 11.8 Å². The highest BCUT2D eigenvalue weighted by molar-refractivity contribution is 5.42. The van der Waals surface area contributed by atoms with Crippen LogP contribution < -0.4 is 16.6 Å². The Morgan fingerprint density at radius 2 is 2.11 bits per heavy atom. The number of anilines is 2. The SMILES string of the molecule is CC(CO)CNc1cc(C(F)(F)F)nc(NN)n1. The Morgan fingerprint density at radius 1 is 1.44 bits per heavy atom. The fraction of sp³-hybridized carbons (Fsp3) is 0.556. The lowest BCUT2D eigenvalue weighted by Gasteiger charge is -2.13. The van der Waals surface area contributed by atoms with Gasteiger partial charge in [0, 0.05) is 19.2 Å². The molecule has 0 aliphatic heterocycles. The Labute approximate surface area is 101 Å². The first-order chi connectivity index (χ1) is 8.36.